The van der Waals surface area contributed by atoms with Gasteiger partial charge in [0, 0.05) is 16.4 Å². The van der Waals surface area contributed by atoms with E-state index in [1.165, 1.54) is 12.5 Å². The standard InChI is InChI=1S/C8H9IN4/c1-6(9)3-12-8-4-11-5-13-7(8)2-10/h2-6,10H,1H3/b10-2?,12-3-. The van der Waals surface area contributed by atoms with E-state index in [1.54, 1.807) is 12.4 Å². The highest BCUT2D eigenvalue weighted by Gasteiger charge is 1.97. The molecule has 5 heteroatoms. The molecule has 1 rings (SSSR count). The molecule has 0 saturated heterocycles. The lowest BCUT2D eigenvalue weighted by atomic mass is 10.4. The van der Waals surface area contributed by atoms with Crippen LogP contribution in [-0.2, 0) is 0 Å². The van der Waals surface area contributed by atoms with E-state index in [9.17, 15) is 0 Å². The molecule has 13 heavy (non-hydrogen) atoms. The van der Waals surface area contributed by atoms with Crippen molar-refractivity contribution < 1.29 is 0 Å². The molecule has 1 heterocycles. The van der Waals surface area contributed by atoms with Gasteiger partial charge < -0.3 is 5.41 Å². The Morgan fingerprint density at radius 1 is 1.69 bits per heavy atom. The number of alkyl halides is 1. The van der Waals surface area contributed by atoms with Gasteiger partial charge >= 0.3 is 0 Å². The summed E-state index contributed by atoms with van der Waals surface area (Å²) < 4.78 is 0.358. The van der Waals surface area contributed by atoms with Crippen LogP contribution in [0.25, 0.3) is 0 Å². The second-order valence-electron chi connectivity index (χ2n) is 2.39. The van der Waals surface area contributed by atoms with Gasteiger partial charge in [0.15, 0.2) is 0 Å². The smallest absolute Gasteiger partial charge is 0.116 e. The van der Waals surface area contributed by atoms with Crippen molar-refractivity contribution in [1.82, 2.24) is 9.97 Å². The SMILES string of the molecule is CC(I)/C=N\c1cncnc1C=N. The molecule has 0 spiro atoms. The second kappa shape index (κ2) is 5.00. The molecule has 1 aromatic heterocycles. The summed E-state index contributed by atoms with van der Waals surface area (Å²) in [6, 6.07) is 0. The van der Waals surface area contributed by atoms with E-state index in [0.29, 0.717) is 15.3 Å². The quantitative estimate of drug-likeness (QED) is 0.525. The minimum Gasteiger partial charge on any atom is -0.306 e. The molecule has 1 atom stereocenters. The molecule has 0 aliphatic carbocycles. The summed E-state index contributed by atoms with van der Waals surface area (Å²) in [5.74, 6) is 0. The van der Waals surface area contributed by atoms with Crippen molar-refractivity contribution in [2.45, 2.75) is 10.8 Å². The van der Waals surface area contributed by atoms with Crippen LogP contribution in [0, 0.1) is 5.41 Å². The molecule has 0 radical (unpaired) electrons. The van der Waals surface area contributed by atoms with Crippen molar-refractivity contribution in [2.24, 2.45) is 4.99 Å². The van der Waals surface area contributed by atoms with E-state index >= 15 is 0 Å². The topological polar surface area (TPSA) is 62.0 Å². The maximum Gasteiger partial charge on any atom is 0.116 e. The first kappa shape index (κ1) is 10.2. The zero-order chi connectivity index (χ0) is 9.68. The van der Waals surface area contributed by atoms with E-state index in [4.69, 9.17) is 5.41 Å². The molecular weight excluding hydrogens is 279 g/mol. The molecule has 0 fully saturated rings. The van der Waals surface area contributed by atoms with Crippen molar-refractivity contribution in [3.63, 3.8) is 0 Å². The molecule has 1 unspecified atom stereocenters. The zero-order valence-corrected chi connectivity index (χ0v) is 9.26. The van der Waals surface area contributed by atoms with Crippen molar-refractivity contribution in [1.29, 1.82) is 5.41 Å². The van der Waals surface area contributed by atoms with Gasteiger partial charge in [-0.2, -0.15) is 0 Å². The molecule has 0 aliphatic rings. The van der Waals surface area contributed by atoms with Gasteiger partial charge in [0.1, 0.15) is 17.7 Å². The average molecular weight is 288 g/mol. The first-order valence-corrected chi connectivity index (χ1v) is 4.97. The normalized spacial score (nSPS) is 13.1. The van der Waals surface area contributed by atoms with E-state index < -0.39 is 0 Å². The number of halogens is 1. The fourth-order valence-electron chi connectivity index (χ4n) is 0.725. The van der Waals surface area contributed by atoms with Crippen LogP contribution >= 0.6 is 22.6 Å². The fourth-order valence-corrected chi connectivity index (χ4v) is 0.886. The number of aliphatic imine (C=N–C) groups is 1. The molecule has 0 saturated carbocycles. The Labute approximate surface area is 90.2 Å². The molecule has 4 nitrogen and oxygen atoms in total. The Kier molecular flexibility index (Phi) is 3.94. The highest BCUT2D eigenvalue weighted by Crippen LogP contribution is 2.12. The van der Waals surface area contributed by atoms with Crippen molar-refractivity contribution in [3.8, 4) is 0 Å². The third-order valence-corrected chi connectivity index (χ3v) is 1.60. The number of nitrogens with zero attached hydrogens (tertiary/aromatic N) is 3. The van der Waals surface area contributed by atoms with Crippen LogP contribution in [0.3, 0.4) is 0 Å². The molecule has 0 amide bonds. The van der Waals surface area contributed by atoms with E-state index in [1.807, 2.05) is 6.92 Å². The van der Waals surface area contributed by atoms with Gasteiger partial charge in [0.2, 0.25) is 0 Å². The first-order chi connectivity index (χ1) is 6.24. The Morgan fingerprint density at radius 2 is 2.46 bits per heavy atom. The van der Waals surface area contributed by atoms with E-state index in [-0.39, 0.29) is 0 Å². The highest BCUT2D eigenvalue weighted by molar-refractivity contribution is 14.1. The minimum atomic E-state index is 0.358. The molecule has 68 valence electrons. The molecule has 0 bridgehead atoms. The second-order valence-corrected chi connectivity index (χ2v) is 4.36. The predicted molar refractivity (Wildman–Crippen MR) is 61.6 cm³/mol. The van der Waals surface area contributed by atoms with Crippen LogP contribution in [0.5, 0.6) is 0 Å². The number of rotatable bonds is 3. The largest absolute Gasteiger partial charge is 0.306 e. The average Bonchev–Trinajstić information content (AvgIpc) is 2.15. The van der Waals surface area contributed by atoms with Crippen molar-refractivity contribution >= 4 is 40.7 Å². The molecular formula is C8H9IN4. The van der Waals surface area contributed by atoms with Gasteiger partial charge in [-0.15, -0.1) is 0 Å². The molecule has 1 N–H and O–H groups in total. The third-order valence-electron chi connectivity index (χ3n) is 1.28. The number of aromatic nitrogens is 2. The Bertz CT molecular complexity index is 322. The predicted octanol–water partition coefficient (Wildman–Crippen LogP) is 2.00. The van der Waals surface area contributed by atoms with Gasteiger partial charge in [-0.3, -0.25) is 4.99 Å². The van der Waals surface area contributed by atoms with Crippen LogP contribution < -0.4 is 0 Å². The van der Waals surface area contributed by atoms with Gasteiger partial charge in [-0.25, -0.2) is 9.97 Å². The lowest BCUT2D eigenvalue weighted by Gasteiger charge is -1.96. The lowest BCUT2D eigenvalue weighted by Crippen LogP contribution is -1.92. The van der Waals surface area contributed by atoms with Crippen molar-refractivity contribution in [2.75, 3.05) is 0 Å². The number of hydrogen-bond acceptors (Lipinski definition) is 4. The van der Waals surface area contributed by atoms with Gasteiger partial charge in [0.05, 0.1) is 6.20 Å². The maximum atomic E-state index is 7.08. The van der Waals surface area contributed by atoms with Crippen LogP contribution in [0.1, 0.15) is 12.6 Å². The summed E-state index contributed by atoms with van der Waals surface area (Å²) >= 11 is 2.25. The molecule has 1 aromatic rings. The van der Waals surface area contributed by atoms with Gasteiger partial charge in [-0.05, 0) is 6.92 Å². The summed E-state index contributed by atoms with van der Waals surface area (Å²) in [4.78, 5) is 11.9. The molecule has 0 aromatic carbocycles. The van der Waals surface area contributed by atoms with E-state index in [0.717, 1.165) is 0 Å². The zero-order valence-electron chi connectivity index (χ0n) is 7.11. The van der Waals surface area contributed by atoms with Gasteiger partial charge in [-0.1, -0.05) is 22.6 Å². The van der Waals surface area contributed by atoms with E-state index in [2.05, 4.69) is 37.6 Å². The summed E-state index contributed by atoms with van der Waals surface area (Å²) in [5.41, 5.74) is 1.18. The molecule has 0 aliphatic heterocycles. The summed E-state index contributed by atoms with van der Waals surface area (Å²) in [5, 5.41) is 7.08. The highest BCUT2D eigenvalue weighted by atomic mass is 127. The monoisotopic (exact) mass is 288 g/mol. The van der Waals surface area contributed by atoms with Crippen LogP contribution in [0.15, 0.2) is 17.5 Å². The Hall–Kier alpha value is -0.850. The van der Waals surface area contributed by atoms with Crippen LogP contribution in [-0.4, -0.2) is 26.3 Å². The lowest BCUT2D eigenvalue weighted by molar-refractivity contribution is 1.14. The van der Waals surface area contributed by atoms with Crippen LogP contribution in [0.2, 0.25) is 0 Å². The maximum absolute atomic E-state index is 7.08. The summed E-state index contributed by atoms with van der Waals surface area (Å²) in [6.07, 6.45) is 5.98. The summed E-state index contributed by atoms with van der Waals surface area (Å²) in [7, 11) is 0. The van der Waals surface area contributed by atoms with Crippen LogP contribution in [0.4, 0.5) is 5.69 Å². The Balaban J connectivity index is 2.93. The Morgan fingerprint density at radius 3 is 3.08 bits per heavy atom. The summed E-state index contributed by atoms with van der Waals surface area (Å²) in [6.45, 7) is 2.03. The minimum absolute atomic E-state index is 0.358. The number of nitrogens with one attached hydrogen (secondary N) is 1. The fraction of sp³-hybridized carbons (Fsp3) is 0.250. The van der Waals surface area contributed by atoms with Crippen molar-refractivity contribution in [3.05, 3.63) is 18.2 Å². The number of hydrogen-bond donors (Lipinski definition) is 1. The third kappa shape index (κ3) is 3.17. The first-order valence-electron chi connectivity index (χ1n) is 3.72. The van der Waals surface area contributed by atoms with Gasteiger partial charge in [0.25, 0.3) is 0 Å².